The summed E-state index contributed by atoms with van der Waals surface area (Å²) >= 11 is 6.00. The standard InChI is InChI=1S/C21H21ClFN5O3S/c22-15-6-2-4-8-18(15)32(30,31)25-13-20-27-26-19-10-9-17(28(19)20)21(29)24-12-11-14-5-1-3-7-16(14)23/h1-8,17H,9-13H2,(H2-,24,25,29,30,31). The summed E-state index contributed by atoms with van der Waals surface area (Å²) in [5, 5.41) is 11.1. The number of carbonyl (C=O) groups is 1. The fraction of sp³-hybridized carbons (Fsp3) is 0.286. The minimum absolute atomic E-state index is 0.0368. The van der Waals surface area contributed by atoms with E-state index in [0.29, 0.717) is 36.5 Å². The number of benzene rings is 2. The van der Waals surface area contributed by atoms with Gasteiger partial charge in [0, 0.05) is 13.0 Å². The number of hydrogen-bond acceptors (Lipinski definition) is 5. The van der Waals surface area contributed by atoms with Gasteiger partial charge in [-0.15, -0.1) is 14.9 Å². The zero-order valence-electron chi connectivity index (χ0n) is 17.0. The zero-order valence-corrected chi connectivity index (χ0v) is 18.5. The largest absolute Gasteiger partial charge is 0.593 e. The monoisotopic (exact) mass is 477 g/mol. The van der Waals surface area contributed by atoms with Gasteiger partial charge in [0.25, 0.3) is 0 Å². The molecule has 1 amide bonds. The number of fused-ring (bicyclic) bond motifs is 1. The van der Waals surface area contributed by atoms with E-state index in [9.17, 15) is 17.9 Å². The van der Waals surface area contributed by atoms with Crippen molar-refractivity contribution in [3.63, 3.8) is 0 Å². The number of hydrogen-bond donors (Lipinski definition) is 2. The Morgan fingerprint density at radius 3 is 2.75 bits per heavy atom. The third-order valence-corrected chi connectivity index (χ3v) is 7.19. The number of carbonyl (C=O) groups excluding carboxylic acids is 1. The lowest BCUT2D eigenvalue weighted by Crippen LogP contribution is -2.35. The van der Waals surface area contributed by atoms with Crippen LogP contribution in [-0.4, -0.2) is 31.8 Å². The maximum absolute atomic E-state index is 13.8. The van der Waals surface area contributed by atoms with Gasteiger partial charge in [-0.2, -0.15) is 0 Å². The Morgan fingerprint density at radius 1 is 1.22 bits per heavy atom. The molecule has 168 valence electrons. The van der Waals surface area contributed by atoms with Crippen LogP contribution < -0.4 is 10.0 Å². The molecule has 1 aliphatic heterocycles. The van der Waals surface area contributed by atoms with Gasteiger partial charge in [0.05, 0.1) is 5.02 Å². The molecule has 0 spiro atoms. The van der Waals surface area contributed by atoms with E-state index in [-0.39, 0.29) is 34.7 Å². The topological polar surface area (TPSA) is 112 Å². The van der Waals surface area contributed by atoms with Crippen LogP contribution in [-0.2, 0) is 38.8 Å². The third kappa shape index (κ3) is 4.73. The molecule has 3 aromatic rings. The van der Waals surface area contributed by atoms with Gasteiger partial charge in [0.1, 0.15) is 24.2 Å². The summed E-state index contributed by atoms with van der Waals surface area (Å²) < 4.78 is 43.1. The lowest BCUT2D eigenvalue weighted by atomic mass is 10.1. The first-order valence-corrected chi connectivity index (χ1v) is 11.9. The van der Waals surface area contributed by atoms with Crippen LogP contribution in [0.1, 0.15) is 29.7 Å². The molecular weight excluding hydrogens is 457 g/mol. The van der Waals surface area contributed by atoms with E-state index < -0.39 is 16.4 Å². The average molecular weight is 478 g/mol. The lowest BCUT2D eigenvalue weighted by Gasteiger charge is -2.18. The van der Waals surface area contributed by atoms with Crippen LogP contribution in [0.4, 0.5) is 4.39 Å². The summed E-state index contributed by atoms with van der Waals surface area (Å²) in [6.45, 7) is 0.141. The Hall–Kier alpha value is -2.66. The molecule has 1 aromatic heterocycles. The quantitative estimate of drug-likeness (QED) is 0.484. The van der Waals surface area contributed by atoms with Crippen molar-refractivity contribution in [2.75, 3.05) is 6.54 Å². The maximum atomic E-state index is 13.8. The first-order chi connectivity index (χ1) is 15.4. The van der Waals surface area contributed by atoms with E-state index >= 15 is 0 Å². The van der Waals surface area contributed by atoms with Crippen molar-refractivity contribution in [3.05, 3.63) is 76.6 Å². The Morgan fingerprint density at radius 2 is 1.97 bits per heavy atom. The molecule has 0 bridgehead atoms. The number of amides is 1. The van der Waals surface area contributed by atoms with Gasteiger partial charge in [-0.1, -0.05) is 46.1 Å². The van der Waals surface area contributed by atoms with Crippen LogP contribution in [0.3, 0.4) is 0 Å². The highest BCUT2D eigenvalue weighted by atomic mass is 35.5. The smallest absolute Gasteiger partial charge is 0.243 e. The van der Waals surface area contributed by atoms with Crippen molar-refractivity contribution >= 4 is 27.9 Å². The molecular formula is C21H21ClFN5O3S. The summed E-state index contributed by atoms with van der Waals surface area (Å²) in [6.07, 6.45) is 1.45. The molecule has 4 rings (SSSR count). The summed E-state index contributed by atoms with van der Waals surface area (Å²) in [5.41, 5.74) is 0.527. The number of aromatic nitrogens is 3. The molecule has 8 nitrogen and oxygen atoms in total. The predicted molar refractivity (Wildman–Crippen MR) is 116 cm³/mol. The molecule has 32 heavy (non-hydrogen) atoms. The molecule has 11 heteroatoms. The van der Waals surface area contributed by atoms with Gasteiger partial charge >= 0.3 is 0 Å². The molecule has 1 aliphatic rings. The predicted octanol–water partition coefficient (Wildman–Crippen LogP) is 2.61. The third-order valence-electron chi connectivity index (χ3n) is 5.29. The highest BCUT2D eigenvalue weighted by Crippen LogP contribution is 2.28. The van der Waals surface area contributed by atoms with E-state index in [2.05, 4.69) is 20.2 Å². The van der Waals surface area contributed by atoms with Gasteiger partial charge in [-0.05, 0) is 36.6 Å². The number of aryl methyl sites for hydroxylation is 1. The first kappa shape index (κ1) is 22.5. The molecule has 2 aromatic carbocycles. The maximum Gasteiger partial charge on any atom is 0.243 e. The first-order valence-electron chi connectivity index (χ1n) is 10.0. The molecule has 0 aliphatic carbocycles. The van der Waals surface area contributed by atoms with Gasteiger partial charge in [0.15, 0.2) is 21.1 Å². The molecule has 0 saturated carbocycles. The molecule has 2 N–H and O–H groups in total. The molecule has 2 unspecified atom stereocenters. The van der Waals surface area contributed by atoms with E-state index in [4.69, 9.17) is 11.6 Å². The Balaban J connectivity index is 1.41. The normalized spacial score (nSPS) is 17.0. The number of halogens is 2. The Labute approximate surface area is 190 Å². The second-order valence-electron chi connectivity index (χ2n) is 7.34. The van der Waals surface area contributed by atoms with Crippen LogP contribution in [0.15, 0.2) is 53.4 Å². The second-order valence-corrected chi connectivity index (χ2v) is 9.49. The molecule has 2 atom stereocenters. The number of nitrogens with one attached hydrogen (secondary N) is 2. The van der Waals surface area contributed by atoms with Crippen molar-refractivity contribution in [3.8, 4) is 0 Å². The minimum atomic E-state index is -3.87. The highest BCUT2D eigenvalue weighted by molar-refractivity contribution is 7.95. The Bertz CT molecular complexity index is 1190. The summed E-state index contributed by atoms with van der Waals surface area (Å²) in [5.74, 6) is 0.403. The minimum Gasteiger partial charge on any atom is -0.593 e. The molecule has 2 heterocycles. The van der Waals surface area contributed by atoms with Crippen LogP contribution >= 0.6 is 11.6 Å². The van der Waals surface area contributed by atoms with Crippen molar-refractivity contribution < 1.29 is 17.9 Å². The SMILES string of the molecule is O=C(NCCc1ccccc1F)C1CCc2nnc(CN[S+](=O)([O-])c3ccccc3Cl)n21. The fourth-order valence-corrected chi connectivity index (χ4v) is 5.19. The van der Waals surface area contributed by atoms with Gasteiger partial charge in [-0.3, -0.25) is 4.79 Å². The summed E-state index contributed by atoms with van der Waals surface area (Å²) in [7, 11) is -3.87. The lowest BCUT2D eigenvalue weighted by molar-refractivity contribution is -0.124. The highest BCUT2D eigenvalue weighted by Gasteiger charge is 2.33. The number of sulfonamides is 1. The van der Waals surface area contributed by atoms with Crippen LogP contribution in [0, 0.1) is 5.82 Å². The van der Waals surface area contributed by atoms with Crippen LogP contribution in [0.5, 0.6) is 0 Å². The Kier molecular flexibility index (Phi) is 6.66. The van der Waals surface area contributed by atoms with Crippen LogP contribution in [0.2, 0.25) is 5.02 Å². The van der Waals surface area contributed by atoms with Crippen molar-refractivity contribution in [2.24, 2.45) is 0 Å². The van der Waals surface area contributed by atoms with Crippen molar-refractivity contribution in [1.29, 1.82) is 0 Å². The van der Waals surface area contributed by atoms with Crippen molar-refractivity contribution in [1.82, 2.24) is 24.8 Å². The fourth-order valence-electron chi connectivity index (χ4n) is 3.69. The van der Waals surface area contributed by atoms with Gasteiger partial charge in [0.2, 0.25) is 5.91 Å². The molecule has 0 saturated heterocycles. The summed E-state index contributed by atoms with van der Waals surface area (Å²) in [4.78, 5) is 12.7. The van der Waals surface area contributed by atoms with E-state index in [1.807, 2.05) is 0 Å². The van der Waals surface area contributed by atoms with E-state index in [1.165, 1.54) is 18.2 Å². The zero-order chi connectivity index (χ0) is 22.7. The molecule has 0 fully saturated rings. The van der Waals surface area contributed by atoms with E-state index in [0.717, 1.165) is 0 Å². The molecule has 0 radical (unpaired) electrons. The van der Waals surface area contributed by atoms with Crippen LogP contribution in [0.25, 0.3) is 0 Å². The van der Waals surface area contributed by atoms with Gasteiger partial charge < -0.3 is 14.4 Å². The van der Waals surface area contributed by atoms with Crippen molar-refractivity contribution in [2.45, 2.75) is 36.7 Å². The number of rotatable bonds is 8. The number of nitrogens with zero attached hydrogens (tertiary/aromatic N) is 3. The second kappa shape index (κ2) is 9.45. The summed E-state index contributed by atoms with van der Waals surface area (Å²) in [6, 6.07) is 12.0. The van der Waals surface area contributed by atoms with Gasteiger partial charge in [-0.25, -0.2) is 4.39 Å². The average Bonchev–Trinajstić information content (AvgIpc) is 3.36. The van der Waals surface area contributed by atoms with E-state index in [1.54, 1.807) is 34.9 Å².